The average molecular weight is 289 g/mol. The van der Waals surface area contributed by atoms with Crippen LogP contribution in [-0.4, -0.2) is 45.2 Å². The molecule has 4 nitrogen and oxygen atoms in total. The van der Waals surface area contributed by atoms with Gasteiger partial charge in [0.15, 0.2) is 0 Å². The Bertz CT molecular complexity index is 485. The highest BCUT2D eigenvalue weighted by Gasteiger charge is 2.36. The Morgan fingerprint density at radius 3 is 2.29 bits per heavy atom. The topological polar surface area (TPSA) is 41.7 Å². The van der Waals surface area contributed by atoms with E-state index in [1.807, 2.05) is 6.07 Å². The van der Waals surface area contributed by atoms with Gasteiger partial charge in [0.1, 0.15) is 5.75 Å². The molecular formula is C17H27N3O. The monoisotopic (exact) mass is 289 g/mol. The molecule has 1 spiro atoms. The molecule has 0 atom stereocenters. The van der Waals surface area contributed by atoms with E-state index in [-0.39, 0.29) is 0 Å². The molecule has 0 radical (unpaired) electrons. The number of anilines is 2. The third-order valence-corrected chi connectivity index (χ3v) is 5.45. The predicted octanol–water partition coefficient (Wildman–Crippen LogP) is 2.59. The summed E-state index contributed by atoms with van der Waals surface area (Å²) in [7, 11) is 3.92. The molecule has 2 heterocycles. The molecule has 1 aromatic rings. The highest BCUT2D eigenvalue weighted by atomic mass is 16.5. The molecule has 0 bridgehead atoms. The molecule has 0 unspecified atom stereocenters. The second-order valence-corrected chi connectivity index (χ2v) is 6.72. The molecule has 2 fully saturated rings. The Balaban J connectivity index is 1.65. The van der Waals surface area contributed by atoms with Gasteiger partial charge in [-0.05, 0) is 63.4 Å². The third-order valence-electron chi connectivity index (χ3n) is 5.45. The second-order valence-electron chi connectivity index (χ2n) is 6.72. The van der Waals surface area contributed by atoms with Gasteiger partial charge in [0.05, 0.1) is 12.8 Å². The number of nitrogen functional groups attached to an aromatic ring is 1. The summed E-state index contributed by atoms with van der Waals surface area (Å²) < 4.78 is 5.34. The van der Waals surface area contributed by atoms with Crippen molar-refractivity contribution in [1.29, 1.82) is 0 Å². The highest BCUT2D eigenvalue weighted by Crippen LogP contribution is 2.42. The first kappa shape index (κ1) is 14.5. The molecule has 0 aliphatic carbocycles. The third kappa shape index (κ3) is 2.95. The van der Waals surface area contributed by atoms with E-state index in [9.17, 15) is 0 Å². The van der Waals surface area contributed by atoms with E-state index >= 15 is 0 Å². The zero-order valence-corrected chi connectivity index (χ0v) is 13.3. The molecule has 1 aromatic carbocycles. The van der Waals surface area contributed by atoms with Gasteiger partial charge < -0.3 is 20.3 Å². The highest BCUT2D eigenvalue weighted by molar-refractivity contribution is 5.62. The molecule has 4 heteroatoms. The molecule has 0 amide bonds. The van der Waals surface area contributed by atoms with Gasteiger partial charge in [-0.2, -0.15) is 0 Å². The molecule has 3 rings (SSSR count). The zero-order valence-electron chi connectivity index (χ0n) is 13.3. The molecule has 2 aliphatic heterocycles. The first-order chi connectivity index (χ1) is 10.1. The van der Waals surface area contributed by atoms with Crippen LogP contribution in [0.25, 0.3) is 0 Å². The van der Waals surface area contributed by atoms with Crippen molar-refractivity contribution < 1.29 is 4.74 Å². The summed E-state index contributed by atoms with van der Waals surface area (Å²) in [5.74, 6) is 0.784. The largest absolute Gasteiger partial charge is 0.495 e. The standard InChI is InChI=1S/C17H27N3O/c1-19-9-5-17(6-10-19)7-11-20(12-8-17)14-3-4-15(18)16(13-14)21-2/h3-4,13H,5-12,18H2,1-2H3. The van der Waals surface area contributed by atoms with E-state index in [2.05, 4.69) is 29.0 Å². The van der Waals surface area contributed by atoms with E-state index in [0.717, 1.165) is 18.8 Å². The van der Waals surface area contributed by atoms with Crippen molar-refractivity contribution in [2.75, 3.05) is 51.0 Å². The minimum atomic E-state index is 0.598. The number of rotatable bonds is 2. The number of hydrogen-bond donors (Lipinski definition) is 1. The number of ether oxygens (including phenoxy) is 1. The van der Waals surface area contributed by atoms with Crippen LogP contribution in [0.1, 0.15) is 25.7 Å². The van der Waals surface area contributed by atoms with Gasteiger partial charge in [-0.15, -0.1) is 0 Å². The number of benzene rings is 1. The van der Waals surface area contributed by atoms with Crippen molar-refractivity contribution in [1.82, 2.24) is 4.90 Å². The van der Waals surface area contributed by atoms with Crippen LogP contribution in [-0.2, 0) is 0 Å². The fraction of sp³-hybridized carbons (Fsp3) is 0.647. The zero-order chi connectivity index (χ0) is 14.9. The van der Waals surface area contributed by atoms with Gasteiger partial charge >= 0.3 is 0 Å². The summed E-state index contributed by atoms with van der Waals surface area (Å²) in [6, 6.07) is 6.14. The lowest BCUT2D eigenvalue weighted by Gasteiger charge is -2.46. The van der Waals surface area contributed by atoms with Crippen LogP contribution in [0.2, 0.25) is 0 Å². The molecular weight excluding hydrogens is 262 g/mol. The van der Waals surface area contributed by atoms with E-state index in [4.69, 9.17) is 10.5 Å². The van der Waals surface area contributed by atoms with Crippen molar-refractivity contribution >= 4 is 11.4 Å². The maximum Gasteiger partial charge on any atom is 0.143 e. The van der Waals surface area contributed by atoms with Gasteiger partial charge in [0.25, 0.3) is 0 Å². The minimum Gasteiger partial charge on any atom is -0.495 e. The lowest BCUT2D eigenvalue weighted by atomic mass is 9.71. The molecule has 21 heavy (non-hydrogen) atoms. The summed E-state index contributed by atoms with van der Waals surface area (Å²) >= 11 is 0. The summed E-state index contributed by atoms with van der Waals surface area (Å²) in [6.07, 6.45) is 5.35. The lowest BCUT2D eigenvalue weighted by molar-refractivity contribution is 0.0945. The van der Waals surface area contributed by atoms with Crippen LogP contribution < -0.4 is 15.4 Å². The van der Waals surface area contributed by atoms with Crippen molar-refractivity contribution in [2.24, 2.45) is 5.41 Å². The Morgan fingerprint density at radius 1 is 1.05 bits per heavy atom. The first-order valence-corrected chi connectivity index (χ1v) is 7.99. The maximum absolute atomic E-state index is 5.91. The Morgan fingerprint density at radius 2 is 1.67 bits per heavy atom. The smallest absolute Gasteiger partial charge is 0.143 e. The average Bonchev–Trinajstić information content (AvgIpc) is 2.52. The van der Waals surface area contributed by atoms with Crippen molar-refractivity contribution in [2.45, 2.75) is 25.7 Å². The lowest BCUT2D eigenvalue weighted by Crippen LogP contribution is -2.46. The molecule has 2 saturated heterocycles. The second kappa shape index (κ2) is 5.76. The fourth-order valence-electron chi connectivity index (χ4n) is 3.73. The summed E-state index contributed by atoms with van der Waals surface area (Å²) in [4.78, 5) is 4.94. The molecule has 2 aliphatic rings. The maximum atomic E-state index is 5.91. The van der Waals surface area contributed by atoms with Gasteiger partial charge in [-0.3, -0.25) is 0 Å². The van der Waals surface area contributed by atoms with Crippen molar-refractivity contribution in [3.8, 4) is 5.75 Å². The number of piperidine rings is 2. The van der Waals surface area contributed by atoms with E-state index in [1.165, 1.54) is 44.5 Å². The van der Waals surface area contributed by atoms with Crippen LogP contribution in [0.15, 0.2) is 18.2 Å². The van der Waals surface area contributed by atoms with Gasteiger partial charge in [-0.1, -0.05) is 0 Å². The number of nitrogens with zero attached hydrogens (tertiary/aromatic N) is 2. The number of hydrogen-bond acceptors (Lipinski definition) is 4. The summed E-state index contributed by atoms with van der Waals surface area (Å²) in [6.45, 7) is 4.82. The molecule has 2 N–H and O–H groups in total. The van der Waals surface area contributed by atoms with E-state index < -0.39 is 0 Å². The summed E-state index contributed by atoms with van der Waals surface area (Å²) in [5.41, 5.74) is 8.46. The minimum absolute atomic E-state index is 0.598. The Kier molecular flexibility index (Phi) is 3.98. The van der Waals surface area contributed by atoms with E-state index in [0.29, 0.717) is 11.1 Å². The van der Waals surface area contributed by atoms with Crippen molar-refractivity contribution in [3.05, 3.63) is 18.2 Å². The van der Waals surface area contributed by atoms with Crippen LogP contribution in [0.4, 0.5) is 11.4 Å². The number of likely N-dealkylation sites (tertiary alicyclic amines) is 1. The van der Waals surface area contributed by atoms with Gasteiger partial charge in [0, 0.05) is 24.8 Å². The normalized spacial score (nSPS) is 22.5. The molecule has 0 aromatic heterocycles. The predicted molar refractivity (Wildman–Crippen MR) is 88.0 cm³/mol. The molecule has 116 valence electrons. The number of methoxy groups -OCH3 is 1. The van der Waals surface area contributed by atoms with Gasteiger partial charge in [-0.25, -0.2) is 0 Å². The van der Waals surface area contributed by atoms with Crippen LogP contribution >= 0.6 is 0 Å². The first-order valence-electron chi connectivity index (χ1n) is 7.99. The SMILES string of the molecule is COc1cc(N2CCC3(CCN(C)CC3)CC2)ccc1N. The van der Waals surface area contributed by atoms with E-state index in [1.54, 1.807) is 7.11 Å². The fourth-order valence-corrected chi connectivity index (χ4v) is 3.73. The molecule has 0 saturated carbocycles. The van der Waals surface area contributed by atoms with Gasteiger partial charge in [0.2, 0.25) is 0 Å². The van der Waals surface area contributed by atoms with Crippen LogP contribution in [0, 0.1) is 5.41 Å². The quantitative estimate of drug-likeness (QED) is 0.850. The Hall–Kier alpha value is -1.42. The van der Waals surface area contributed by atoms with Crippen molar-refractivity contribution in [3.63, 3.8) is 0 Å². The van der Waals surface area contributed by atoms with Crippen LogP contribution in [0.5, 0.6) is 5.75 Å². The summed E-state index contributed by atoms with van der Waals surface area (Å²) in [5, 5.41) is 0. The van der Waals surface area contributed by atoms with Crippen LogP contribution in [0.3, 0.4) is 0 Å². The Labute approximate surface area is 127 Å². The number of nitrogens with two attached hydrogens (primary N) is 1.